The number of ether oxygens (including phenoxy) is 2. The fraction of sp³-hybridized carbons (Fsp3) is 0.321. The summed E-state index contributed by atoms with van der Waals surface area (Å²) in [6, 6.07) is 12.4. The van der Waals surface area contributed by atoms with Crippen molar-refractivity contribution in [3.63, 3.8) is 0 Å². The number of benzene rings is 2. The van der Waals surface area contributed by atoms with Crippen LogP contribution in [-0.2, 0) is 0 Å². The van der Waals surface area contributed by atoms with Crippen LogP contribution in [0.4, 0.5) is 17.5 Å². The van der Waals surface area contributed by atoms with Crippen molar-refractivity contribution < 1.29 is 24.3 Å². The van der Waals surface area contributed by atoms with Gasteiger partial charge in [-0.15, -0.1) is 0 Å². The molecule has 1 aliphatic rings. The van der Waals surface area contributed by atoms with Crippen LogP contribution in [0.25, 0.3) is 10.9 Å². The highest BCUT2D eigenvalue weighted by molar-refractivity contribution is 6.03. The highest BCUT2D eigenvalue weighted by Crippen LogP contribution is 2.34. The molecule has 0 bridgehead atoms. The topological polar surface area (TPSA) is 136 Å². The average molecular weight is 531 g/mol. The van der Waals surface area contributed by atoms with Crippen molar-refractivity contribution in [2.24, 2.45) is 0 Å². The number of piperidine rings is 1. The van der Waals surface area contributed by atoms with Crippen LogP contribution >= 0.6 is 0 Å². The molecule has 4 N–H and O–H groups in total. The van der Waals surface area contributed by atoms with Gasteiger partial charge in [-0.25, -0.2) is 19.9 Å². The molecule has 5 rings (SSSR count). The van der Waals surface area contributed by atoms with Gasteiger partial charge in [0.1, 0.15) is 31.4 Å². The second-order valence-corrected chi connectivity index (χ2v) is 9.46. The quantitative estimate of drug-likeness (QED) is 0.243. The maximum Gasteiger partial charge on any atom is 0.258 e. The van der Waals surface area contributed by atoms with Crippen molar-refractivity contribution in [1.29, 1.82) is 0 Å². The molecule has 0 radical (unpaired) electrons. The molecule has 11 nitrogen and oxygen atoms in total. The van der Waals surface area contributed by atoms with Gasteiger partial charge in [-0.3, -0.25) is 10.1 Å². The van der Waals surface area contributed by atoms with E-state index in [0.717, 1.165) is 13.1 Å². The Bertz CT molecular complexity index is 1400. The standard InChI is InChI=1S/C28H31N7O4/c1-38-24-12-22-23(13-25(24)39-17-21(36)16-35-10-6-3-7-11-35)31-18-32-26(22)33-20-14-29-28(30-15-20)34-27(37)19-8-4-2-5-9-19/h2,4-5,8-9,12-15,18,21,36H,3,6-7,10-11,16-17H2,1H3,(H,31,32,33)(H,29,30,34,37)/p+1/t21-/m0/s1. The zero-order valence-electron chi connectivity index (χ0n) is 21.8. The van der Waals surface area contributed by atoms with Crippen LogP contribution < -0.4 is 25.0 Å². The first-order valence-corrected chi connectivity index (χ1v) is 13.0. The van der Waals surface area contributed by atoms with Gasteiger partial charge in [-0.05, 0) is 37.5 Å². The number of hydrogen-bond acceptors (Lipinski definition) is 9. The molecule has 0 saturated carbocycles. The normalized spacial score (nSPS) is 14.5. The van der Waals surface area contributed by atoms with Crippen molar-refractivity contribution in [1.82, 2.24) is 19.9 Å². The second-order valence-electron chi connectivity index (χ2n) is 9.46. The monoisotopic (exact) mass is 530 g/mol. The molecule has 1 fully saturated rings. The summed E-state index contributed by atoms with van der Waals surface area (Å²) in [6.45, 7) is 3.03. The Morgan fingerprint density at radius 2 is 1.79 bits per heavy atom. The van der Waals surface area contributed by atoms with Gasteiger partial charge in [-0.2, -0.15) is 0 Å². The number of methoxy groups -OCH3 is 1. The summed E-state index contributed by atoms with van der Waals surface area (Å²) < 4.78 is 11.5. The van der Waals surface area contributed by atoms with Gasteiger partial charge in [0.2, 0.25) is 5.95 Å². The number of hydrogen-bond donors (Lipinski definition) is 4. The lowest BCUT2D eigenvalue weighted by atomic mass is 10.1. The molecule has 0 aliphatic carbocycles. The Balaban J connectivity index is 1.26. The lowest BCUT2D eigenvalue weighted by Crippen LogP contribution is -3.14. The summed E-state index contributed by atoms with van der Waals surface area (Å²) in [6.07, 6.45) is 7.68. The number of nitrogens with zero attached hydrogens (tertiary/aromatic N) is 4. The van der Waals surface area contributed by atoms with E-state index in [0.29, 0.717) is 46.0 Å². The molecule has 4 aromatic rings. The van der Waals surface area contributed by atoms with Crippen LogP contribution in [0.5, 0.6) is 11.5 Å². The van der Waals surface area contributed by atoms with Crippen LogP contribution in [0.2, 0.25) is 0 Å². The minimum Gasteiger partial charge on any atom is -0.493 e. The van der Waals surface area contributed by atoms with Gasteiger partial charge in [0, 0.05) is 17.0 Å². The highest BCUT2D eigenvalue weighted by Gasteiger charge is 2.20. The van der Waals surface area contributed by atoms with Gasteiger partial charge >= 0.3 is 0 Å². The molecule has 1 atom stereocenters. The fourth-order valence-corrected chi connectivity index (χ4v) is 4.63. The molecule has 11 heteroatoms. The number of rotatable bonds is 10. The third kappa shape index (κ3) is 6.75. The minimum atomic E-state index is -0.568. The molecule has 39 heavy (non-hydrogen) atoms. The van der Waals surface area contributed by atoms with Gasteiger partial charge in [-0.1, -0.05) is 18.2 Å². The first kappa shape index (κ1) is 26.3. The summed E-state index contributed by atoms with van der Waals surface area (Å²) in [5, 5.41) is 17.1. The molecule has 1 amide bonds. The molecule has 2 aromatic heterocycles. The van der Waals surface area contributed by atoms with E-state index in [1.807, 2.05) is 6.07 Å². The molecule has 2 aromatic carbocycles. The number of aliphatic hydroxyl groups is 1. The third-order valence-corrected chi connectivity index (χ3v) is 6.61. The van der Waals surface area contributed by atoms with E-state index in [2.05, 4.69) is 30.6 Å². The average Bonchev–Trinajstić information content (AvgIpc) is 2.97. The Kier molecular flexibility index (Phi) is 8.39. The summed E-state index contributed by atoms with van der Waals surface area (Å²) in [5.41, 5.74) is 1.74. The van der Waals surface area contributed by atoms with E-state index in [4.69, 9.17) is 9.47 Å². The van der Waals surface area contributed by atoms with Gasteiger partial charge < -0.3 is 24.8 Å². The molecular formula is C28H32N7O4+. The number of nitrogens with one attached hydrogen (secondary N) is 3. The van der Waals surface area contributed by atoms with E-state index in [1.54, 1.807) is 55.9 Å². The Morgan fingerprint density at radius 3 is 2.54 bits per heavy atom. The first-order valence-electron chi connectivity index (χ1n) is 13.0. The number of amides is 1. The van der Waals surface area contributed by atoms with E-state index in [-0.39, 0.29) is 18.5 Å². The zero-order chi connectivity index (χ0) is 27.0. The number of carbonyl (C=O) groups excluding carboxylic acids is 1. The van der Waals surface area contributed by atoms with Crippen LogP contribution in [0, 0.1) is 0 Å². The molecular weight excluding hydrogens is 498 g/mol. The van der Waals surface area contributed by atoms with Gasteiger partial charge in [0.15, 0.2) is 11.5 Å². The zero-order valence-corrected chi connectivity index (χ0v) is 21.8. The summed E-state index contributed by atoms with van der Waals surface area (Å²) >= 11 is 0. The smallest absolute Gasteiger partial charge is 0.258 e. The second kappa shape index (κ2) is 12.5. The van der Waals surface area contributed by atoms with Crippen LogP contribution in [0.15, 0.2) is 61.2 Å². The van der Waals surface area contributed by atoms with Gasteiger partial charge in [0.05, 0.1) is 43.8 Å². The van der Waals surface area contributed by atoms with Crippen molar-refractivity contribution in [3.05, 3.63) is 66.7 Å². The van der Waals surface area contributed by atoms with Crippen molar-refractivity contribution in [3.8, 4) is 11.5 Å². The number of carbonyl (C=O) groups is 1. The number of fused-ring (bicyclic) bond motifs is 1. The lowest BCUT2D eigenvalue weighted by Gasteiger charge is -2.25. The molecule has 202 valence electrons. The number of aromatic nitrogens is 4. The van der Waals surface area contributed by atoms with Crippen LogP contribution in [0.1, 0.15) is 29.6 Å². The predicted octanol–water partition coefficient (Wildman–Crippen LogP) is 2.23. The lowest BCUT2D eigenvalue weighted by molar-refractivity contribution is -0.908. The maximum absolute atomic E-state index is 12.3. The van der Waals surface area contributed by atoms with E-state index in [9.17, 15) is 9.90 Å². The molecule has 0 spiro atoms. The number of likely N-dealkylation sites (tertiary alicyclic amines) is 1. The summed E-state index contributed by atoms with van der Waals surface area (Å²) in [4.78, 5) is 31.0. The predicted molar refractivity (Wildman–Crippen MR) is 147 cm³/mol. The Labute approximate surface area is 226 Å². The third-order valence-electron chi connectivity index (χ3n) is 6.61. The molecule has 0 unspecified atom stereocenters. The number of quaternary nitrogens is 1. The molecule has 1 saturated heterocycles. The SMILES string of the molecule is COc1cc2c(Nc3cnc(NC(=O)c4ccccc4)nc3)ncnc2cc1OC[C@@H](O)C[NH+]1CCCCC1. The summed E-state index contributed by atoms with van der Waals surface area (Å²) in [5.74, 6) is 1.44. The summed E-state index contributed by atoms with van der Waals surface area (Å²) in [7, 11) is 1.57. The van der Waals surface area contributed by atoms with E-state index >= 15 is 0 Å². The van der Waals surface area contributed by atoms with E-state index in [1.165, 1.54) is 30.5 Å². The minimum absolute atomic E-state index is 0.173. The van der Waals surface area contributed by atoms with E-state index < -0.39 is 6.10 Å². The van der Waals surface area contributed by atoms with Crippen molar-refractivity contribution in [2.75, 3.05) is 44.0 Å². The number of aliphatic hydroxyl groups excluding tert-OH is 1. The maximum atomic E-state index is 12.3. The molecule has 3 heterocycles. The molecule has 1 aliphatic heterocycles. The van der Waals surface area contributed by atoms with Crippen LogP contribution in [-0.4, -0.2) is 70.4 Å². The van der Waals surface area contributed by atoms with Crippen molar-refractivity contribution >= 4 is 34.3 Å². The first-order chi connectivity index (χ1) is 19.1. The van der Waals surface area contributed by atoms with Crippen molar-refractivity contribution in [2.45, 2.75) is 25.4 Å². The Hall–Kier alpha value is -4.35. The largest absolute Gasteiger partial charge is 0.493 e. The van der Waals surface area contributed by atoms with Gasteiger partial charge in [0.25, 0.3) is 5.91 Å². The number of anilines is 3. The Morgan fingerprint density at radius 1 is 1.03 bits per heavy atom. The van der Waals surface area contributed by atoms with Crippen LogP contribution in [0.3, 0.4) is 0 Å². The fourth-order valence-electron chi connectivity index (χ4n) is 4.63. The highest BCUT2D eigenvalue weighted by atomic mass is 16.5.